The van der Waals surface area contributed by atoms with Crippen LogP contribution in [-0.4, -0.2) is 17.8 Å². The minimum absolute atomic E-state index is 0.323. The van der Waals surface area contributed by atoms with Crippen molar-refractivity contribution >= 4 is 0 Å². The van der Waals surface area contributed by atoms with Gasteiger partial charge in [-0.15, -0.1) is 0 Å². The maximum Gasteiger partial charge on any atom is 0.0792 e. The van der Waals surface area contributed by atoms with Crippen LogP contribution in [0.15, 0.2) is 18.2 Å². The van der Waals surface area contributed by atoms with Gasteiger partial charge in [0.15, 0.2) is 0 Å². The van der Waals surface area contributed by atoms with E-state index in [9.17, 15) is 5.11 Å². The molecule has 2 rings (SSSR count). The Bertz CT molecular complexity index is 374. The zero-order valence-electron chi connectivity index (χ0n) is 11.6. The van der Waals surface area contributed by atoms with Gasteiger partial charge < -0.3 is 9.84 Å². The maximum atomic E-state index is 10.3. The molecule has 1 atom stereocenters. The molecule has 1 unspecified atom stereocenters. The molecule has 100 valence electrons. The lowest BCUT2D eigenvalue weighted by atomic mass is 9.77. The van der Waals surface area contributed by atoms with Crippen LogP contribution in [-0.2, 0) is 4.74 Å². The molecule has 1 fully saturated rings. The zero-order valence-corrected chi connectivity index (χ0v) is 11.6. The molecule has 0 amide bonds. The van der Waals surface area contributed by atoms with Gasteiger partial charge in [-0.1, -0.05) is 29.3 Å². The van der Waals surface area contributed by atoms with Gasteiger partial charge in [0.25, 0.3) is 0 Å². The number of aryl methyl sites for hydroxylation is 2. The summed E-state index contributed by atoms with van der Waals surface area (Å²) in [5.74, 6) is 0.623. The fraction of sp³-hybridized carbons (Fsp3) is 0.625. The summed E-state index contributed by atoms with van der Waals surface area (Å²) < 4.78 is 5.55. The van der Waals surface area contributed by atoms with Crippen LogP contribution in [0.2, 0.25) is 0 Å². The van der Waals surface area contributed by atoms with E-state index in [1.54, 1.807) is 0 Å². The zero-order chi connectivity index (χ0) is 13.1. The molecule has 1 saturated carbocycles. The predicted octanol–water partition coefficient (Wildman–Crippen LogP) is 3.54. The van der Waals surface area contributed by atoms with Crippen LogP contribution < -0.4 is 0 Å². The van der Waals surface area contributed by atoms with E-state index in [-0.39, 0.29) is 6.10 Å². The molecule has 1 aromatic carbocycles. The Morgan fingerprint density at radius 3 is 2.39 bits per heavy atom. The van der Waals surface area contributed by atoms with Crippen molar-refractivity contribution in [3.63, 3.8) is 0 Å². The smallest absolute Gasteiger partial charge is 0.0792 e. The normalized spacial score (nSPS) is 24.7. The summed E-state index contributed by atoms with van der Waals surface area (Å²) in [4.78, 5) is 0. The Kier molecular flexibility index (Phi) is 4.41. The van der Waals surface area contributed by atoms with E-state index in [2.05, 4.69) is 32.0 Å². The molecule has 1 N–H and O–H groups in total. The summed E-state index contributed by atoms with van der Waals surface area (Å²) in [6, 6.07) is 6.33. The fourth-order valence-corrected chi connectivity index (χ4v) is 2.89. The molecular weight excluding hydrogens is 224 g/mol. The summed E-state index contributed by atoms with van der Waals surface area (Å²) in [6.07, 6.45) is 3.19. The van der Waals surface area contributed by atoms with Crippen LogP contribution in [0.25, 0.3) is 0 Å². The van der Waals surface area contributed by atoms with Gasteiger partial charge in [-0.2, -0.15) is 0 Å². The van der Waals surface area contributed by atoms with Crippen molar-refractivity contribution in [1.82, 2.24) is 0 Å². The number of benzene rings is 1. The summed E-state index contributed by atoms with van der Waals surface area (Å²) in [5.41, 5.74) is 3.52. The summed E-state index contributed by atoms with van der Waals surface area (Å²) in [7, 11) is 0. The van der Waals surface area contributed by atoms with Crippen LogP contribution in [0.4, 0.5) is 0 Å². The average molecular weight is 248 g/mol. The molecule has 1 aliphatic rings. The first kappa shape index (κ1) is 13.6. The first-order valence-electron chi connectivity index (χ1n) is 6.96. The number of hydrogen-bond acceptors (Lipinski definition) is 2. The molecule has 0 bridgehead atoms. The van der Waals surface area contributed by atoms with Gasteiger partial charge in [0.1, 0.15) is 0 Å². The quantitative estimate of drug-likeness (QED) is 0.863. The molecule has 0 spiro atoms. The van der Waals surface area contributed by atoms with Gasteiger partial charge in [0, 0.05) is 6.61 Å². The number of ether oxygens (including phenoxy) is 1. The second-order valence-electron chi connectivity index (χ2n) is 5.59. The van der Waals surface area contributed by atoms with Crippen LogP contribution in [0.1, 0.15) is 49.0 Å². The highest BCUT2D eigenvalue weighted by molar-refractivity contribution is 5.30. The molecule has 0 aliphatic heterocycles. The van der Waals surface area contributed by atoms with Crippen LogP contribution in [0.3, 0.4) is 0 Å². The van der Waals surface area contributed by atoms with E-state index < -0.39 is 0 Å². The predicted molar refractivity (Wildman–Crippen MR) is 73.6 cm³/mol. The Morgan fingerprint density at radius 1 is 1.22 bits per heavy atom. The van der Waals surface area contributed by atoms with Crippen molar-refractivity contribution in [2.45, 2.75) is 52.2 Å². The van der Waals surface area contributed by atoms with Crippen molar-refractivity contribution in [1.29, 1.82) is 0 Å². The number of aliphatic hydroxyl groups is 1. The molecule has 0 heterocycles. The van der Waals surface area contributed by atoms with E-state index >= 15 is 0 Å². The minimum Gasteiger partial charge on any atom is -0.388 e. The van der Waals surface area contributed by atoms with Crippen LogP contribution in [0.5, 0.6) is 0 Å². The monoisotopic (exact) mass is 248 g/mol. The SMILES string of the molecule is CCOC1CC(CC(O)c2cc(C)cc(C)c2)C1. The maximum absolute atomic E-state index is 10.3. The summed E-state index contributed by atoms with van der Waals surface area (Å²) in [6.45, 7) is 7.00. The average Bonchev–Trinajstić information content (AvgIpc) is 2.24. The lowest BCUT2D eigenvalue weighted by Crippen LogP contribution is -2.32. The van der Waals surface area contributed by atoms with Gasteiger partial charge in [-0.25, -0.2) is 0 Å². The highest BCUT2D eigenvalue weighted by atomic mass is 16.5. The third-order valence-electron chi connectivity index (χ3n) is 3.78. The summed E-state index contributed by atoms with van der Waals surface area (Å²) in [5, 5.41) is 10.3. The van der Waals surface area contributed by atoms with Crippen molar-refractivity contribution < 1.29 is 9.84 Å². The second-order valence-corrected chi connectivity index (χ2v) is 5.59. The standard InChI is InChI=1S/C16H24O2/c1-4-18-15-8-13(9-15)10-16(17)14-6-11(2)5-12(3)7-14/h5-7,13,15-17H,4,8-10H2,1-3H3. The van der Waals surface area contributed by atoms with Crippen LogP contribution >= 0.6 is 0 Å². The lowest BCUT2D eigenvalue weighted by molar-refractivity contribution is -0.0380. The van der Waals surface area contributed by atoms with Crippen molar-refractivity contribution in [3.8, 4) is 0 Å². The number of hydrogen-bond donors (Lipinski definition) is 1. The van der Waals surface area contributed by atoms with Gasteiger partial charge >= 0.3 is 0 Å². The second kappa shape index (κ2) is 5.85. The molecule has 1 aliphatic carbocycles. The summed E-state index contributed by atoms with van der Waals surface area (Å²) >= 11 is 0. The Morgan fingerprint density at radius 2 is 1.83 bits per heavy atom. The molecular formula is C16H24O2. The topological polar surface area (TPSA) is 29.5 Å². The molecule has 18 heavy (non-hydrogen) atoms. The van der Waals surface area contributed by atoms with Gasteiger partial charge in [0.2, 0.25) is 0 Å². The minimum atomic E-state index is -0.323. The van der Waals surface area contributed by atoms with Crippen molar-refractivity contribution in [2.24, 2.45) is 5.92 Å². The lowest BCUT2D eigenvalue weighted by Gasteiger charge is -2.36. The molecule has 1 aromatic rings. The highest BCUT2D eigenvalue weighted by Gasteiger charge is 2.31. The largest absolute Gasteiger partial charge is 0.388 e. The fourth-order valence-electron chi connectivity index (χ4n) is 2.89. The molecule has 2 heteroatoms. The third-order valence-corrected chi connectivity index (χ3v) is 3.78. The van der Waals surface area contributed by atoms with Gasteiger partial charge in [0.05, 0.1) is 12.2 Å². The van der Waals surface area contributed by atoms with Gasteiger partial charge in [-0.05, 0) is 51.5 Å². The first-order chi connectivity index (χ1) is 8.58. The van der Waals surface area contributed by atoms with Crippen molar-refractivity contribution in [3.05, 3.63) is 34.9 Å². The van der Waals surface area contributed by atoms with E-state index in [1.165, 1.54) is 11.1 Å². The Labute approximate surface area is 110 Å². The molecule has 2 nitrogen and oxygen atoms in total. The van der Waals surface area contributed by atoms with E-state index in [0.717, 1.165) is 31.4 Å². The third kappa shape index (κ3) is 3.33. The number of rotatable bonds is 5. The van der Waals surface area contributed by atoms with Crippen molar-refractivity contribution in [2.75, 3.05) is 6.61 Å². The van der Waals surface area contributed by atoms with Gasteiger partial charge in [-0.3, -0.25) is 0 Å². The van der Waals surface area contributed by atoms with E-state index in [0.29, 0.717) is 12.0 Å². The molecule has 0 radical (unpaired) electrons. The highest BCUT2D eigenvalue weighted by Crippen LogP contribution is 2.37. The van der Waals surface area contributed by atoms with E-state index in [4.69, 9.17) is 4.74 Å². The molecule has 0 aromatic heterocycles. The first-order valence-corrected chi connectivity index (χ1v) is 6.96. The van der Waals surface area contributed by atoms with E-state index in [1.807, 2.05) is 6.92 Å². The van der Waals surface area contributed by atoms with Crippen LogP contribution in [0, 0.1) is 19.8 Å². The Balaban J connectivity index is 1.87. The molecule has 0 saturated heterocycles. The number of aliphatic hydroxyl groups excluding tert-OH is 1. The Hall–Kier alpha value is -0.860.